The number of aromatic nitrogens is 1. The molecular weight excluding hydrogens is 419 g/mol. The van der Waals surface area contributed by atoms with E-state index in [1.807, 2.05) is 44.2 Å². The van der Waals surface area contributed by atoms with Crippen molar-refractivity contribution in [3.63, 3.8) is 0 Å². The van der Waals surface area contributed by atoms with Gasteiger partial charge in [-0.15, -0.1) is 24.0 Å². The van der Waals surface area contributed by atoms with E-state index in [0.29, 0.717) is 19.0 Å². The van der Waals surface area contributed by atoms with Gasteiger partial charge in [0, 0.05) is 13.6 Å². The van der Waals surface area contributed by atoms with E-state index < -0.39 is 0 Å². The fraction of sp³-hybridized carbons (Fsp3) is 0.412. The molecule has 0 aliphatic carbocycles. The Labute approximate surface area is 160 Å². The molecule has 0 aliphatic heterocycles. The predicted octanol–water partition coefficient (Wildman–Crippen LogP) is 3.04. The van der Waals surface area contributed by atoms with Crippen LogP contribution in [0.3, 0.4) is 0 Å². The highest BCUT2D eigenvalue weighted by atomic mass is 127. The van der Waals surface area contributed by atoms with Gasteiger partial charge in [-0.1, -0.05) is 18.2 Å². The molecule has 1 aromatic carbocycles. The van der Waals surface area contributed by atoms with Crippen molar-refractivity contribution in [1.82, 2.24) is 15.6 Å². The predicted molar refractivity (Wildman–Crippen MR) is 106 cm³/mol. The number of rotatable bonds is 7. The number of aliphatic imine (C=N–C) groups is 1. The molecule has 2 N–H and O–H groups in total. The lowest BCUT2D eigenvalue weighted by Gasteiger charge is -2.11. The van der Waals surface area contributed by atoms with Crippen LogP contribution in [-0.2, 0) is 6.54 Å². The summed E-state index contributed by atoms with van der Waals surface area (Å²) in [5.41, 5.74) is 0.919. The maximum absolute atomic E-state index is 5.64. The van der Waals surface area contributed by atoms with Crippen LogP contribution in [-0.4, -0.2) is 31.1 Å². The Hall–Kier alpha value is -1.77. The molecule has 7 heteroatoms. The van der Waals surface area contributed by atoms with E-state index in [1.165, 1.54) is 0 Å². The van der Waals surface area contributed by atoms with E-state index in [0.717, 1.165) is 36.1 Å². The maximum Gasteiger partial charge on any atom is 0.214 e. The van der Waals surface area contributed by atoms with E-state index in [4.69, 9.17) is 9.15 Å². The largest absolute Gasteiger partial charge is 0.494 e. The molecule has 0 fully saturated rings. The lowest BCUT2D eigenvalue weighted by atomic mass is 10.3. The monoisotopic (exact) mass is 444 g/mol. The SMILES string of the molecule is CN=C(NCCCOc1ccccc1)NCc1nc(C)c(C)o1.I. The third kappa shape index (κ3) is 6.77. The van der Waals surface area contributed by atoms with Crippen LogP contribution in [0.4, 0.5) is 0 Å². The van der Waals surface area contributed by atoms with Crippen LogP contribution >= 0.6 is 24.0 Å². The van der Waals surface area contributed by atoms with E-state index in [-0.39, 0.29) is 24.0 Å². The van der Waals surface area contributed by atoms with E-state index in [2.05, 4.69) is 20.6 Å². The van der Waals surface area contributed by atoms with E-state index in [1.54, 1.807) is 7.05 Å². The number of benzene rings is 1. The zero-order valence-electron chi connectivity index (χ0n) is 14.3. The molecule has 0 atom stereocenters. The molecule has 6 nitrogen and oxygen atoms in total. The number of halogens is 1. The Morgan fingerprint density at radius 3 is 2.58 bits per heavy atom. The zero-order chi connectivity index (χ0) is 16.5. The molecule has 2 aromatic rings. The minimum absolute atomic E-state index is 0. The van der Waals surface area contributed by atoms with E-state index >= 15 is 0 Å². The van der Waals surface area contributed by atoms with Crippen LogP contribution in [0.2, 0.25) is 0 Å². The Bertz CT molecular complexity index is 609. The zero-order valence-corrected chi connectivity index (χ0v) is 16.7. The molecule has 0 saturated heterocycles. The van der Waals surface area contributed by atoms with Gasteiger partial charge in [0.15, 0.2) is 5.96 Å². The minimum Gasteiger partial charge on any atom is -0.494 e. The molecule has 0 saturated carbocycles. The highest BCUT2D eigenvalue weighted by Gasteiger charge is 2.06. The van der Waals surface area contributed by atoms with Crippen LogP contribution < -0.4 is 15.4 Å². The summed E-state index contributed by atoms with van der Waals surface area (Å²) in [6, 6.07) is 9.81. The van der Waals surface area contributed by atoms with Gasteiger partial charge in [-0.3, -0.25) is 4.99 Å². The molecule has 0 radical (unpaired) electrons. The molecular formula is C17H25IN4O2. The maximum atomic E-state index is 5.64. The Kier molecular flexibility index (Phi) is 9.21. The quantitative estimate of drug-likeness (QED) is 0.297. The Balaban J connectivity index is 0.00000288. The number of ether oxygens (including phenoxy) is 1. The fourth-order valence-corrected chi connectivity index (χ4v) is 1.98. The van der Waals surface area contributed by atoms with Gasteiger partial charge in [0.05, 0.1) is 18.8 Å². The van der Waals surface area contributed by atoms with Gasteiger partial charge in [0.1, 0.15) is 11.5 Å². The van der Waals surface area contributed by atoms with Gasteiger partial charge >= 0.3 is 0 Å². The van der Waals surface area contributed by atoms with Crippen LogP contribution in [0, 0.1) is 13.8 Å². The first-order chi connectivity index (χ1) is 11.2. The third-order valence-electron chi connectivity index (χ3n) is 3.33. The second-order valence-electron chi connectivity index (χ2n) is 5.12. The molecule has 132 valence electrons. The smallest absolute Gasteiger partial charge is 0.214 e. The summed E-state index contributed by atoms with van der Waals surface area (Å²) < 4.78 is 11.2. The summed E-state index contributed by atoms with van der Waals surface area (Å²) in [5.74, 6) is 3.13. The van der Waals surface area contributed by atoms with Crippen molar-refractivity contribution in [1.29, 1.82) is 0 Å². The average Bonchev–Trinajstić information content (AvgIpc) is 2.89. The molecule has 1 heterocycles. The van der Waals surface area contributed by atoms with Crippen LogP contribution in [0.1, 0.15) is 23.8 Å². The standard InChI is InChI=1S/C17H24N4O2.HI/c1-13-14(2)23-16(21-13)12-20-17(18-3)19-10-7-11-22-15-8-5-4-6-9-15;/h4-6,8-9H,7,10-12H2,1-3H3,(H2,18,19,20);1H. The summed E-state index contributed by atoms with van der Waals surface area (Å²) in [7, 11) is 1.74. The van der Waals surface area contributed by atoms with Crippen LogP contribution in [0.15, 0.2) is 39.7 Å². The summed E-state index contributed by atoms with van der Waals surface area (Å²) >= 11 is 0. The van der Waals surface area contributed by atoms with Crippen molar-refractivity contribution >= 4 is 29.9 Å². The van der Waals surface area contributed by atoms with Crippen molar-refractivity contribution < 1.29 is 9.15 Å². The number of hydrogen-bond donors (Lipinski definition) is 2. The molecule has 1 aromatic heterocycles. The summed E-state index contributed by atoms with van der Waals surface area (Å²) in [4.78, 5) is 8.50. The molecule has 0 bridgehead atoms. The topological polar surface area (TPSA) is 71.7 Å². The number of para-hydroxylation sites is 1. The lowest BCUT2D eigenvalue weighted by Crippen LogP contribution is -2.37. The highest BCUT2D eigenvalue weighted by molar-refractivity contribution is 14.0. The van der Waals surface area contributed by atoms with Crippen molar-refractivity contribution in [3.8, 4) is 5.75 Å². The first kappa shape index (κ1) is 20.3. The first-order valence-electron chi connectivity index (χ1n) is 7.74. The van der Waals surface area contributed by atoms with Gasteiger partial charge in [-0.05, 0) is 32.4 Å². The highest BCUT2D eigenvalue weighted by Crippen LogP contribution is 2.08. The molecule has 0 spiro atoms. The van der Waals surface area contributed by atoms with Gasteiger partial charge < -0.3 is 19.8 Å². The van der Waals surface area contributed by atoms with E-state index in [9.17, 15) is 0 Å². The van der Waals surface area contributed by atoms with Crippen molar-refractivity contribution in [2.24, 2.45) is 4.99 Å². The molecule has 0 unspecified atom stereocenters. The van der Waals surface area contributed by atoms with Gasteiger partial charge in [-0.25, -0.2) is 4.98 Å². The second-order valence-corrected chi connectivity index (χ2v) is 5.12. The van der Waals surface area contributed by atoms with Gasteiger partial charge in [-0.2, -0.15) is 0 Å². The minimum atomic E-state index is 0. The number of aryl methyl sites for hydroxylation is 2. The summed E-state index contributed by atoms with van der Waals surface area (Å²) in [6.07, 6.45) is 0.882. The van der Waals surface area contributed by atoms with Crippen LogP contribution in [0.5, 0.6) is 5.75 Å². The van der Waals surface area contributed by atoms with Crippen molar-refractivity contribution in [2.45, 2.75) is 26.8 Å². The molecule has 24 heavy (non-hydrogen) atoms. The lowest BCUT2D eigenvalue weighted by molar-refractivity contribution is 0.311. The van der Waals surface area contributed by atoms with Gasteiger partial charge in [0.25, 0.3) is 0 Å². The first-order valence-corrected chi connectivity index (χ1v) is 7.74. The normalized spacial score (nSPS) is 10.9. The molecule has 2 rings (SSSR count). The number of oxazole rings is 1. The third-order valence-corrected chi connectivity index (χ3v) is 3.33. The number of nitrogens with one attached hydrogen (secondary N) is 2. The average molecular weight is 444 g/mol. The number of hydrogen-bond acceptors (Lipinski definition) is 4. The van der Waals surface area contributed by atoms with Crippen molar-refractivity contribution in [2.75, 3.05) is 20.2 Å². The fourth-order valence-electron chi connectivity index (χ4n) is 1.98. The van der Waals surface area contributed by atoms with Crippen LogP contribution in [0.25, 0.3) is 0 Å². The summed E-state index contributed by atoms with van der Waals surface area (Å²) in [6.45, 7) is 5.78. The number of guanidine groups is 1. The molecule has 0 amide bonds. The second kappa shape index (κ2) is 10.9. The summed E-state index contributed by atoms with van der Waals surface area (Å²) in [5, 5.41) is 6.41. The Morgan fingerprint density at radius 2 is 1.96 bits per heavy atom. The van der Waals surface area contributed by atoms with Gasteiger partial charge in [0.2, 0.25) is 5.89 Å². The molecule has 0 aliphatic rings. The Morgan fingerprint density at radius 1 is 1.21 bits per heavy atom. The number of nitrogens with zero attached hydrogens (tertiary/aromatic N) is 2. The van der Waals surface area contributed by atoms with Crippen molar-refractivity contribution in [3.05, 3.63) is 47.7 Å².